The molecular formula is C24H25N3O3. The molecule has 1 saturated carbocycles. The Labute approximate surface area is 175 Å². The van der Waals surface area contributed by atoms with E-state index >= 15 is 0 Å². The van der Waals surface area contributed by atoms with Gasteiger partial charge in [-0.25, -0.2) is 4.99 Å². The molecule has 6 nitrogen and oxygen atoms in total. The predicted molar refractivity (Wildman–Crippen MR) is 115 cm³/mol. The van der Waals surface area contributed by atoms with Crippen LogP contribution in [0.2, 0.25) is 0 Å². The molecule has 1 atom stereocenters. The van der Waals surface area contributed by atoms with Crippen molar-refractivity contribution < 1.29 is 13.9 Å². The molecule has 0 spiro atoms. The molecule has 0 radical (unpaired) electrons. The summed E-state index contributed by atoms with van der Waals surface area (Å²) in [6.07, 6.45) is 6.30. The third-order valence-electron chi connectivity index (χ3n) is 5.80. The SMILES string of the molecule is COc1ccccc1C1N=c2occc2=C(N)N1c1ccc(OC2CCCC2)cc1. The first-order chi connectivity index (χ1) is 14.7. The Kier molecular flexibility index (Phi) is 4.83. The fourth-order valence-electron chi connectivity index (χ4n) is 4.28. The van der Waals surface area contributed by atoms with Crippen LogP contribution in [0.25, 0.3) is 5.82 Å². The van der Waals surface area contributed by atoms with Gasteiger partial charge in [-0.15, -0.1) is 0 Å². The van der Waals surface area contributed by atoms with Crippen molar-refractivity contribution in [3.8, 4) is 11.5 Å². The van der Waals surface area contributed by atoms with Crippen LogP contribution in [0.15, 0.2) is 70.3 Å². The standard InChI is InChI=1S/C24H25N3O3/c1-28-21-9-5-4-8-19(21)23-26-24-20(14-15-29-24)22(25)27(23)16-10-12-18(13-11-16)30-17-6-2-3-7-17/h4-5,8-15,17,23H,2-3,6-7,25H2,1H3. The van der Waals surface area contributed by atoms with E-state index in [0.29, 0.717) is 17.5 Å². The smallest absolute Gasteiger partial charge is 0.227 e. The average molecular weight is 403 g/mol. The zero-order valence-corrected chi connectivity index (χ0v) is 17.0. The Morgan fingerprint density at radius 1 is 1.03 bits per heavy atom. The Hall–Kier alpha value is -3.41. The molecule has 0 saturated heterocycles. The molecule has 2 N–H and O–H groups in total. The highest BCUT2D eigenvalue weighted by atomic mass is 16.5. The van der Waals surface area contributed by atoms with Gasteiger partial charge in [0.2, 0.25) is 5.55 Å². The van der Waals surface area contributed by atoms with Gasteiger partial charge in [0.1, 0.15) is 17.3 Å². The summed E-state index contributed by atoms with van der Waals surface area (Å²) in [5.74, 6) is 2.23. The lowest BCUT2D eigenvalue weighted by molar-refractivity contribution is 0.210. The second-order valence-electron chi connectivity index (χ2n) is 7.66. The van der Waals surface area contributed by atoms with Crippen LogP contribution in [-0.2, 0) is 0 Å². The van der Waals surface area contributed by atoms with Gasteiger partial charge in [-0.2, -0.15) is 0 Å². The number of methoxy groups -OCH3 is 1. The number of benzene rings is 2. The number of ether oxygens (including phenoxy) is 2. The van der Waals surface area contributed by atoms with E-state index in [1.54, 1.807) is 13.4 Å². The Bertz CT molecular complexity index is 1150. The number of nitrogens with two attached hydrogens (primary N) is 1. The van der Waals surface area contributed by atoms with Crippen LogP contribution in [0.5, 0.6) is 11.5 Å². The first-order valence-corrected chi connectivity index (χ1v) is 10.3. The molecule has 5 rings (SSSR count). The zero-order valence-electron chi connectivity index (χ0n) is 17.0. The van der Waals surface area contributed by atoms with Gasteiger partial charge in [0.15, 0.2) is 6.17 Å². The van der Waals surface area contributed by atoms with Gasteiger partial charge in [0, 0.05) is 11.3 Å². The lowest BCUT2D eigenvalue weighted by Gasteiger charge is -2.33. The third kappa shape index (κ3) is 3.28. The second kappa shape index (κ2) is 7.78. The molecule has 3 aromatic rings. The molecule has 1 aliphatic carbocycles. The molecule has 30 heavy (non-hydrogen) atoms. The summed E-state index contributed by atoms with van der Waals surface area (Å²) in [6.45, 7) is 0. The Morgan fingerprint density at radius 2 is 1.80 bits per heavy atom. The van der Waals surface area contributed by atoms with Gasteiger partial charge in [0.25, 0.3) is 0 Å². The van der Waals surface area contributed by atoms with E-state index in [9.17, 15) is 0 Å². The lowest BCUT2D eigenvalue weighted by Crippen LogP contribution is -2.44. The summed E-state index contributed by atoms with van der Waals surface area (Å²) < 4.78 is 17.3. The highest BCUT2D eigenvalue weighted by Crippen LogP contribution is 2.37. The summed E-state index contributed by atoms with van der Waals surface area (Å²) in [7, 11) is 1.66. The normalized spacial score (nSPS) is 18.8. The van der Waals surface area contributed by atoms with Crippen molar-refractivity contribution in [3.05, 3.63) is 77.2 Å². The molecule has 154 valence electrons. The van der Waals surface area contributed by atoms with Crippen molar-refractivity contribution in [3.63, 3.8) is 0 Å². The van der Waals surface area contributed by atoms with E-state index < -0.39 is 6.17 Å². The van der Waals surface area contributed by atoms with Gasteiger partial charge in [-0.1, -0.05) is 18.2 Å². The van der Waals surface area contributed by atoms with Crippen molar-refractivity contribution in [2.75, 3.05) is 12.0 Å². The predicted octanol–water partition coefficient (Wildman–Crippen LogP) is 3.47. The molecule has 0 bridgehead atoms. The number of furan rings is 1. The third-order valence-corrected chi connectivity index (χ3v) is 5.80. The Balaban J connectivity index is 1.55. The maximum atomic E-state index is 6.61. The molecule has 1 unspecified atom stereocenters. The fraction of sp³-hybridized carbons (Fsp3) is 0.292. The van der Waals surface area contributed by atoms with E-state index in [1.807, 2.05) is 59.5 Å². The van der Waals surface area contributed by atoms with Crippen LogP contribution in [0.1, 0.15) is 37.4 Å². The molecule has 1 fully saturated rings. The molecule has 2 aromatic carbocycles. The second-order valence-corrected chi connectivity index (χ2v) is 7.66. The van der Waals surface area contributed by atoms with E-state index in [1.165, 1.54) is 12.8 Å². The molecular weight excluding hydrogens is 378 g/mol. The monoisotopic (exact) mass is 403 g/mol. The molecule has 2 heterocycles. The van der Waals surface area contributed by atoms with E-state index in [0.717, 1.165) is 40.8 Å². The zero-order chi connectivity index (χ0) is 20.5. The summed E-state index contributed by atoms with van der Waals surface area (Å²) in [6, 6.07) is 17.7. The average Bonchev–Trinajstić information content (AvgIpc) is 3.46. The highest BCUT2D eigenvalue weighted by Gasteiger charge is 2.29. The number of hydrogen-bond acceptors (Lipinski definition) is 6. The summed E-state index contributed by atoms with van der Waals surface area (Å²) >= 11 is 0. The van der Waals surface area contributed by atoms with E-state index in [2.05, 4.69) is 0 Å². The minimum absolute atomic E-state index is 0.326. The lowest BCUT2D eigenvalue weighted by atomic mass is 10.1. The molecule has 1 aromatic heterocycles. The van der Waals surface area contributed by atoms with Crippen molar-refractivity contribution in [1.82, 2.24) is 0 Å². The molecule has 1 aliphatic heterocycles. The Morgan fingerprint density at radius 3 is 2.57 bits per heavy atom. The quantitative estimate of drug-likeness (QED) is 0.706. The maximum Gasteiger partial charge on any atom is 0.227 e. The van der Waals surface area contributed by atoms with Gasteiger partial charge in [-0.3, -0.25) is 0 Å². The number of rotatable bonds is 5. The molecule has 0 amide bonds. The van der Waals surface area contributed by atoms with Crippen molar-refractivity contribution in [2.45, 2.75) is 38.0 Å². The molecule has 6 heteroatoms. The van der Waals surface area contributed by atoms with Gasteiger partial charge >= 0.3 is 0 Å². The first kappa shape index (κ1) is 18.6. The fourth-order valence-corrected chi connectivity index (χ4v) is 4.28. The largest absolute Gasteiger partial charge is 0.496 e. The number of nitrogens with zero attached hydrogens (tertiary/aromatic N) is 2. The minimum Gasteiger partial charge on any atom is -0.496 e. The van der Waals surface area contributed by atoms with Gasteiger partial charge in [-0.05, 0) is 62.1 Å². The topological polar surface area (TPSA) is 73.2 Å². The van der Waals surface area contributed by atoms with Crippen LogP contribution < -0.4 is 30.9 Å². The number of anilines is 1. The van der Waals surface area contributed by atoms with Gasteiger partial charge < -0.3 is 24.5 Å². The molecule has 2 aliphatic rings. The van der Waals surface area contributed by atoms with Crippen LogP contribution >= 0.6 is 0 Å². The summed E-state index contributed by atoms with van der Waals surface area (Å²) in [5, 5.41) is 0.785. The van der Waals surface area contributed by atoms with Crippen molar-refractivity contribution in [1.29, 1.82) is 0 Å². The van der Waals surface area contributed by atoms with Crippen molar-refractivity contribution >= 4 is 11.5 Å². The van der Waals surface area contributed by atoms with Crippen LogP contribution in [0.3, 0.4) is 0 Å². The minimum atomic E-state index is -0.401. The number of hydrogen-bond donors (Lipinski definition) is 1. The summed E-state index contributed by atoms with van der Waals surface area (Å²) in [5.41, 5.74) is 8.98. The van der Waals surface area contributed by atoms with Crippen LogP contribution in [0, 0.1) is 0 Å². The number of fused-ring (bicyclic) bond motifs is 1. The van der Waals surface area contributed by atoms with Crippen LogP contribution in [0.4, 0.5) is 5.69 Å². The first-order valence-electron chi connectivity index (χ1n) is 10.3. The highest BCUT2D eigenvalue weighted by molar-refractivity contribution is 5.69. The van der Waals surface area contributed by atoms with E-state index in [4.69, 9.17) is 24.6 Å². The van der Waals surface area contributed by atoms with Crippen LogP contribution in [-0.4, -0.2) is 13.2 Å². The number of para-hydroxylation sites is 1. The summed E-state index contributed by atoms with van der Waals surface area (Å²) in [4.78, 5) is 6.85. The maximum absolute atomic E-state index is 6.61. The van der Waals surface area contributed by atoms with Crippen molar-refractivity contribution in [2.24, 2.45) is 10.7 Å². The van der Waals surface area contributed by atoms with E-state index in [-0.39, 0.29) is 0 Å². The van der Waals surface area contributed by atoms with Gasteiger partial charge in [0.05, 0.1) is 24.7 Å².